The van der Waals surface area contributed by atoms with Crippen molar-refractivity contribution in [2.24, 2.45) is 11.7 Å². The van der Waals surface area contributed by atoms with Crippen molar-refractivity contribution in [2.75, 3.05) is 6.54 Å². The van der Waals surface area contributed by atoms with E-state index < -0.39 is 0 Å². The van der Waals surface area contributed by atoms with Crippen molar-refractivity contribution >= 4 is 18.3 Å². The molecule has 1 aliphatic carbocycles. The van der Waals surface area contributed by atoms with Gasteiger partial charge in [-0.1, -0.05) is 18.2 Å². The second kappa shape index (κ2) is 7.76. The Balaban J connectivity index is 0.00000196. The van der Waals surface area contributed by atoms with Crippen molar-refractivity contribution in [2.45, 2.75) is 18.9 Å². The first-order valence-electron chi connectivity index (χ1n) is 8.46. The van der Waals surface area contributed by atoms with Gasteiger partial charge in [-0.15, -0.1) is 12.4 Å². The van der Waals surface area contributed by atoms with Gasteiger partial charge >= 0.3 is 0 Å². The molecule has 136 valence electrons. The van der Waals surface area contributed by atoms with Crippen molar-refractivity contribution in [1.29, 1.82) is 0 Å². The molecule has 1 amide bonds. The topological polar surface area (TPSA) is 86.1 Å². The standard InChI is InChI=1S/C19H20N4O2.ClH/c20-12-16(13-8-9-13)21-19(24)17-11-15(18-7-4-10-25-18)22-23(17)14-5-2-1-3-6-14;/h1-7,10-11,13,16H,8-9,12,20H2,(H,21,24);1H. The Labute approximate surface area is 157 Å². The lowest BCUT2D eigenvalue weighted by atomic mass is 10.2. The van der Waals surface area contributed by atoms with Crippen molar-refractivity contribution in [3.8, 4) is 17.1 Å². The molecule has 0 saturated heterocycles. The highest BCUT2D eigenvalue weighted by atomic mass is 35.5. The number of rotatable bonds is 6. The third-order valence-electron chi connectivity index (χ3n) is 4.48. The lowest BCUT2D eigenvalue weighted by Crippen LogP contribution is -2.42. The number of furan rings is 1. The second-order valence-corrected chi connectivity index (χ2v) is 6.29. The third-order valence-corrected chi connectivity index (χ3v) is 4.48. The van der Waals surface area contributed by atoms with Gasteiger partial charge in [0.1, 0.15) is 11.4 Å². The number of benzene rings is 1. The number of halogens is 1. The van der Waals surface area contributed by atoms with Gasteiger partial charge < -0.3 is 15.5 Å². The normalized spacial score (nSPS) is 14.5. The molecule has 6 nitrogen and oxygen atoms in total. The molecule has 3 N–H and O–H groups in total. The Morgan fingerprint density at radius 2 is 2.04 bits per heavy atom. The molecule has 3 aromatic rings. The molecule has 1 saturated carbocycles. The molecule has 1 atom stereocenters. The number of para-hydroxylation sites is 1. The highest BCUT2D eigenvalue weighted by molar-refractivity contribution is 5.94. The van der Waals surface area contributed by atoms with E-state index >= 15 is 0 Å². The van der Waals surface area contributed by atoms with Gasteiger partial charge in [0.2, 0.25) is 0 Å². The van der Waals surface area contributed by atoms with Crippen LogP contribution in [0.3, 0.4) is 0 Å². The van der Waals surface area contributed by atoms with Gasteiger partial charge in [0.25, 0.3) is 5.91 Å². The third kappa shape index (κ3) is 3.66. The van der Waals surface area contributed by atoms with Crippen LogP contribution < -0.4 is 11.1 Å². The predicted octanol–water partition coefficient (Wildman–Crippen LogP) is 3.02. The number of aromatic nitrogens is 2. The minimum Gasteiger partial charge on any atom is -0.463 e. The van der Waals surface area contributed by atoms with Gasteiger partial charge in [-0.2, -0.15) is 5.10 Å². The molecule has 0 spiro atoms. The van der Waals surface area contributed by atoms with Crippen LogP contribution in [0.4, 0.5) is 0 Å². The summed E-state index contributed by atoms with van der Waals surface area (Å²) in [5.74, 6) is 0.949. The fourth-order valence-electron chi connectivity index (χ4n) is 2.96. The summed E-state index contributed by atoms with van der Waals surface area (Å²) in [7, 11) is 0. The average Bonchev–Trinajstić information content (AvgIpc) is 3.16. The molecule has 7 heteroatoms. The summed E-state index contributed by atoms with van der Waals surface area (Å²) in [5, 5.41) is 7.63. The lowest BCUT2D eigenvalue weighted by molar-refractivity contribution is 0.0925. The largest absolute Gasteiger partial charge is 0.463 e. The Morgan fingerprint density at radius 1 is 1.27 bits per heavy atom. The maximum atomic E-state index is 12.9. The van der Waals surface area contributed by atoms with E-state index in [0.717, 1.165) is 18.5 Å². The molecular formula is C19H21ClN4O2. The zero-order valence-electron chi connectivity index (χ0n) is 14.2. The van der Waals surface area contributed by atoms with Crippen LogP contribution in [0.25, 0.3) is 17.1 Å². The van der Waals surface area contributed by atoms with Crippen LogP contribution in [0.5, 0.6) is 0 Å². The smallest absolute Gasteiger partial charge is 0.270 e. The first kappa shape index (κ1) is 18.2. The molecule has 4 rings (SSSR count). The van der Waals surface area contributed by atoms with Gasteiger partial charge in [0.15, 0.2) is 5.76 Å². The number of hydrogen-bond acceptors (Lipinski definition) is 4. The van der Waals surface area contributed by atoms with E-state index in [9.17, 15) is 4.79 Å². The summed E-state index contributed by atoms with van der Waals surface area (Å²) in [4.78, 5) is 12.9. The van der Waals surface area contributed by atoms with Gasteiger partial charge in [-0.3, -0.25) is 4.79 Å². The zero-order chi connectivity index (χ0) is 17.2. The fraction of sp³-hybridized carbons (Fsp3) is 0.263. The number of carbonyl (C=O) groups is 1. The molecule has 2 heterocycles. The number of nitrogens with zero attached hydrogens (tertiary/aromatic N) is 2. The minimum absolute atomic E-state index is 0. The molecule has 0 radical (unpaired) electrons. The number of nitrogens with two attached hydrogens (primary N) is 1. The van der Waals surface area contributed by atoms with Crippen LogP contribution in [0.2, 0.25) is 0 Å². The van der Waals surface area contributed by atoms with Gasteiger partial charge in [-0.25, -0.2) is 4.68 Å². The number of amides is 1. The van der Waals surface area contributed by atoms with Crippen molar-refractivity contribution in [1.82, 2.24) is 15.1 Å². The molecule has 0 aliphatic heterocycles. The maximum Gasteiger partial charge on any atom is 0.270 e. The lowest BCUT2D eigenvalue weighted by Gasteiger charge is -2.16. The Kier molecular flexibility index (Phi) is 5.44. The van der Waals surface area contributed by atoms with E-state index in [1.54, 1.807) is 23.1 Å². The summed E-state index contributed by atoms with van der Waals surface area (Å²) in [6.45, 7) is 0.445. The van der Waals surface area contributed by atoms with Crippen LogP contribution in [-0.2, 0) is 0 Å². The molecule has 2 aromatic heterocycles. The SMILES string of the molecule is Cl.NCC(NC(=O)c1cc(-c2ccco2)nn1-c1ccccc1)C1CC1. The first-order valence-corrected chi connectivity index (χ1v) is 8.46. The van der Waals surface area contributed by atoms with E-state index in [1.807, 2.05) is 36.4 Å². The monoisotopic (exact) mass is 372 g/mol. The number of hydrogen-bond donors (Lipinski definition) is 2. The quantitative estimate of drug-likeness (QED) is 0.696. The van der Waals surface area contributed by atoms with Gasteiger partial charge in [0, 0.05) is 18.7 Å². The maximum absolute atomic E-state index is 12.9. The minimum atomic E-state index is -0.170. The molecule has 1 unspecified atom stereocenters. The molecule has 1 fully saturated rings. The van der Waals surface area contributed by atoms with Crippen molar-refractivity contribution in [3.63, 3.8) is 0 Å². The number of carbonyl (C=O) groups excluding carboxylic acids is 1. The van der Waals surface area contributed by atoms with E-state index in [1.165, 1.54) is 0 Å². The molecule has 26 heavy (non-hydrogen) atoms. The first-order chi connectivity index (χ1) is 12.3. The van der Waals surface area contributed by atoms with E-state index in [0.29, 0.717) is 29.6 Å². The van der Waals surface area contributed by atoms with Crippen LogP contribution in [0.15, 0.2) is 59.2 Å². The summed E-state index contributed by atoms with van der Waals surface area (Å²) in [5.41, 5.74) is 7.73. The van der Waals surface area contributed by atoms with E-state index in [4.69, 9.17) is 10.2 Å². The van der Waals surface area contributed by atoms with Crippen LogP contribution in [-0.4, -0.2) is 28.3 Å². The van der Waals surface area contributed by atoms with Crippen LogP contribution in [0, 0.1) is 5.92 Å². The van der Waals surface area contributed by atoms with Crippen LogP contribution >= 0.6 is 12.4 Å². The van der Waals surface area contributed by atoms with Gasteiger partial charge in [0.05, 0.1) is 12.0 Å². The summed E-state index contributed by atoms with van der Waals surface area (Å²) >= 11 is 0. The highest BCUT2D eigenvalue weighted by Crippen LogP contribution is 2.32. The molecule has 1 aromatic carbocycles. The summed E-state index contributed by atoms with van der Waals surface area (Å²) in [6.07, 6.45) is 3.84. The average molecular weight is 373 g/mol. The zero-order valence-corrected chi connectivity index (χ0v) is 15.0. The summed E-state index contributed by atoms with van der Waals surface area (Å²) in [6, 6.07) is 15.0. The van der Waals surface area contributed by atoms with Gasteiger partial charge in [-0.05, 0) is 43.0 Å². The van der Waals surface area contributed by atoms with E-state index in [2.05, 4.69) is 10.4 Å². The Hall–Kier alpha value is -2.57. The summed E-state index contributed by atoms with van der Waals surface area (Å²) < 4.78 is 7.07. The van der Waals surface area contributed by atoms with Crippen molar-refractivity contribution < 1.29 is 9.21 Å². The molecule has 0 bridgehead atoms. The highest BCUT2D eigenvalue weighted by Gasteiger charge is 2.32. The Bertz CT molecular complexity index is 857. The molecular weight excluding hydrogens is 352 g/mol. The van der Waals surface area contributed by atoms with Crippen LogP contribution in [0.1, 0.15) is 23.3 Å². The second-order valence-electron chi connectivity index (χ2n) is 6.29. The number of nitrogens with one attached hydrogen (secondary N) is 1. The van der Waals surface area contributed by atoms with E-state index in [-0.39, 0.29) is 24.4 Å². The fourth-order valence-corrected chi connectivity index (χ4v) is 2.96. The predicted molar refractivity (Wildman–Crippen MR) is 102 cm³/mol. The Morgan fingerprint density at radius 3 is 2.65 bits per heavy atom. The van der Waals surface area contributed by atoms with Crippen molar-refractivity contribution in [3.05, 3.63) is 60.5 Å². The molecule has 1 aliphatic rings.